The minimum atomic E-state index is -0.261. The van der Waals surface area contributed by atoms with Gasteiger partial charge in [0.15, 0.2) is 0 Å². The maximum absolute atomic E-state index is 12.3. The molecule has 2 aliphatic heterocycles. The van der Waals surface area contributed by atoms with Crippen LogP contribution in [0.5, 0.6) is 0 Å². The van der Waals surface area contributed by atoms with Gasteiger partial charge in [-0.1, -0.05) is 0 Å². The van der Waals surface area contributed by atoms with Crippen LogP contribution in [-0.2, 0) is 14.3 Å². The summed E-state index contributed by atoms with van der Waals surface area (Å²) in [5.74, 6) is 0.173. The molecule has 1 atom stereocenters. The summed E-state index contributed by atoms with van der Waals surface area (Å²) in [5, 5.41) is 6.30. The zero-order chi connectivity index (χ0) is 18.4. The van der Waals surface area contributed by atoms with Gasteiger partial charge in [-0.15, -0.1) is 0 Å². The lowest BCUT2D eigenvalue weighted by Gasteiger charge is -2.32. The summed E-state index contributed by atoms with van der Waals surface area (Å²) in [4.78, 5) is 30.6. The predicted octanol–water partition coefficient (Wildman–Crippen LogP) is 1.34. The number of pyridine rings is 1. The van der Waals surface area contributed by atoms with Crippen molar-refractivity contribution in [2.75, 3.05) is 38.1 Å². The van der Waals surface area contributed by atoms with Gasteiger partial charge < -0.3 is 20.3 Å². The topological polar surface area (TPSA) is 83.6 Å². The molecule has 0 spiro atoms. The van der Waals surface area contributed by atoms with Crippen molar-refractivity contribution >= 4 is 17.5 Å². The number of anilines is 1. The highest BCUT2D eigenvalue weighted by Gasteiger charge is 2.32. The Morgan fingerprint density at radius 1 is 1.27 bits per heavy atom. The molecule has 2 N–H and O–H groups in total. The third-order valence-corrected chi connectivity index (χ3v) is 5.14. The van der Waals surface area contributed by atoms with Crippen LogP contribution < -0.4 is 10.6 Å². The van der Waals surface area contributed by atoms with Gasteiger partial charge in [0, 0.05) is 56.8 Å². The molecule has 1 aromatic rings. The van der Waals surface area contributed by atoms with Crippen molar-refractivity contribution in [2.45, 2.75) is 38.7 Å². The van der Waals surface area contributed by atoms with Crippen molar-refractivity contribution in [1.82, 2.24) is 15.2 Å². The minimum absolute atomic E-state index is 0.00814. The number of nitrogens with one attached hydrogen (secondary N) is 2. The van der Waals surface area contributed by atoms with Crippen LogP contribution >= 0.6 is 0 Å². The lowest BCUT2D eigenvalue weighted by atomic mass is 9.95. The van der Waals surface area contributed by atoms with E-state index in [1.807, 2.05) is 24.1 Å². The quantitative estimate of drug-likeness (QED) is 0.748. The summed E-state index contributed by atoms with van der Waals surface area (Å²) in [6.07, 6.45) is 6.53. The zero-order valence-corrected chi connectivity index (χ0v) is 15.4. The molecule has 2 aliphatic rings. The van der Waals surface area contributed by atoms with Gasteiger partial charge in [-0.05, 0) is 44.2 Å². The first kappa shape index (κ1) is 18.6. The summed E-state index contributed by atoms with van der Waals surface area (Å²) in [5.41, 5.74) is 2.12. The SMILES string of the molecule is Cc1cnccc1NCCNC(=O)C1CCN(C(=O)C2CCCO2)CC1. The van der Waals surface area contributed by atoms with Gasteiger partial charge in [-0.2, -0.15) is 0 Å². The smallest absolute Gasteiger partial charge is 0.251 e. The molecule has 26 heavy (non-hydrogen) atoms. The van der Waals surface area contributed by atoms with E-state index in [9.17, 15) is 9.59 Å². The van der Waals surface area contributed by atoms with Gasteiger partial charge >= 0.3 is 0 Å². The van der Waals surface area contributed by atoms with E-state index < -0.39 is 0 Å². The number of carbonyl (C=O) groups is 2. The molecule has 142 valence electrons. The Morgan fingerprint density at radius 2 is 2.08 bits per heavy atom. The molecule has 0 saturated carbocycles. The number of rotatable bonds is 6. The second-order valence-corrected chi connectivity index (χ2v) is 7.01. The molecule has 7 nitrogen and oxygen atoms in total. The van der Waals surface area contributed by atoms with Crippen molar-refractivity contribution in [1.29, 1.82) is 0 Å². The Morgan fingerprint density at radius 3 is 2.77 bits per heavy atom. The standard InChI is InChI=1S/C19H28N4O3/c1-14-13-20-7-4-16(14)21-8-9-22-18(24)15-5-10-23(11-6-15)19(25)17-3-2-12-26-17/h4,7,13,15,17H,2-3,5-6,8-12H2,1H3,(H,20,21)(H,22,24). The highest BCUT2D eigenvalue weighted by atomic mass is 16.5. The van der Waals surface area contributed by atoms with E-state index in [0.717, 1.165) is 36.9 Å². The summed E-state index contributed by atoms with van der Waals surface area (Å²) < 4.78 is 5.47. The monoisotopic (exact) mass is 360 g/mol. The molecule has 1 unspecified atom stereocenters. The van der Waals surface area contributed by atoms with Crippen molar-refractivity contribution in [3.63, 3.8) is 0 Å². The summed E-state index contributed by atoms with van der Waals surface area (Å²) in [6.45, 7) is 5.22. The predicted molar refractivity (Wildman–Crippen MR) is 98.8 cm³/mol. The number of piperidine rings is 1. The van der Waals surface area contributed by atoms with E-state index >= 15 is 0 Å². The molecule has 0 aliphatic carbocycles. The summed E-state index contributed by atoms with van der Waals surface area (Å²) >= 11 is 0. The van der Waals surface area contributed by atoms with Gasteiger partial charge in [-0.25, -0.2) is 0 Å². The average Bonchev–Trinajstić information content (AvgIpc) is 3.20. The normalized spacial score (nSPS) is 20.8. The van der Waals surface area contributed by atoms with Gasteiger partial charge in [0.2, 0.25) is 5.91 Å². The number of amides is 2. The van der Waals surface area contributed by atoms with Crippen LogP contribution in [0, 0.1) is 12.8 Å². The maximum Gasteiger partial charge on any atom is 0.251 e. The van der Waals surface area contributed by atoms with Crippen molar-refractivity contribution in [2.24, 2.45) is 5.92 Å². The van der Waals surface area contributed by atoms with Crippen LogP contribution in [0.15, 0.2) is 18.5 Å². The van der Waals surface area contributed by atoms with Crippen LogP contribution in [0.3, 0.4) is 0 Å². The van der Waals surface area contributed by atoms with E-state index in [1.54, 1.807) is 6.20 Å². The Balaban J connectivity index is 1.34. The van der Waals surface area contributed by atoms with Gasteiger partial charge in [0.25, 0.3) is 5.91 Å². The van der Waals surface area contributed by atoms with E-state index in [4.69, 9.17) is 4.74 Å². The number of aryl methyl sites for hydroxylation is 1. The van der Waals surface area contributed by atoms with E-state index in [-0.39, 0.29) is 23.8 Å². The number of ether oxygens (including phenoxy) is 1. The van der Waals surface area contributed by atoms with Crippen molar-refractivity contribution < 1.29 is 14.3 Å². The lowest BCUT2D eigenvalue weighted by Crippen LogP contribution is -2.46. The molecule has 2 saturated heterocycles. The third-order valence-electron chi connectivity index (χ3n) is 5.14. The fraction of sp³-hybridized carbons (Fsp3) is 0.632. The molecule has 7 heteroatoms. The Kier molecular flexibility index (Phi) is 6.44. The highest BCUT2D eigenvalue weighted by Crippen LogP contribution is 2.21. The van der Waals surface area contributed by atoms with Crippen LogP contribution in [-0.4, -0.2) is 60.6 Å². The van der Waals surface area contributed by atoms with E-state index in [2.05, 4.69) is 15.6 Å². The Bertz CT molecular complexity index is 623. The third kappa shape index (κ3) is 4.72. The summed E-state index contributed by atoms with van der Waals surface area (Å²) in [6, 6.07) is 1.93. The molecule has 3 heterocycles. The number of nitrogens with zero attached hydrogens (tertiary/aromatic N) is 2. The van der Waals surface area contributed by atoms with Crippen molar-refractivity contribution in [3.05, 3.63) is 24.0 Å². The average molecular weight is 360 g/mol. The first-order valence-electron chi connectivity index (χ1n) is 9.47. The molecule has 1 aromatic heterocycles. The molecule has 0 aromatic carbocycles. The fourth-order valence-corrected chi connectivity index (χ4v) is 3.54. The zero-order valence-electron chi connectivity index (χ0n) is 15.4. The van der Waals surface area contributed by atoms with Crippen molar-refractivity contribution in [3.8, 4) is 0 Å². The molecular weight excluding hydrogens is 332 g/mol. The molecule has 0 bridgehead atoms. The first-order chi connectivity index (χ1) is 12.6. The second-order valence-electron chi connectivity index (χ2n) is 7.01. The maximum atomic E-state index is 12.3. The van der Waals surface area contributed by atoms with Gasteiger partial charge in [0.05, 0.1) is 0 Å². The highest BCUT2D eigenvalue weighted by molar-refractivity contribution is 5.82. The molecule has 2 fully saturated rings. The molecule has 2 amide bonds. The Labute approximate surface area is 154 Å². The van der Waals surface area contributed by atoms with Crippen LogP contribution in [0.4, 0.5) is 5.69 Å². The van der Waals surface area contributed by atoms with E-state index in [1.165, 1.54) is 0 Å². The number of carbonyl (C=O) groups excluding carboxylic acids is 2. The van der Waals surface area contributed by atoms with Crippen LogP contribution in [0.25, 0.3) is 0 Å². The Hall–Kier alpha value is -2.15. The van der Waals surface area contributed by atoms with Crippen LogP contribution in [0.2, 0.25) is 0 Å². The number of likely N-dealkylation sites (tertiary alicyclic amines) is 1. The summed E-state index contributed by atoms with van der Waals surface area (Å²) in [7, 11) is 0. The fourth-order valence-electron chi connectivity index (χ4n) is 3.54. The lowest BCUT2D eigenvalue weighted by molar-refractivity contribution is -0.143. The van der Waals surface area contributed by atoms with Gasteiger partial charge in [0.1, 0.15) is 6.10 Å². The van der Waals surface area contributed by atoms with Gasteiger partial charge in [-0.3, -0.25) is 14.6 Å². The molecule has 0 radical (unpaired) electrons. The number of aromatic nitrogens is 1. The van der Waals surface area contributed by atoms with Crippen LogP contribution in [0.1, 0.15) is 31.2 Å². The van der Waals surface area contributed by atoms with E-state index in [0.29, 0.717) is 32.8 Å². The molecular formula is C19H28N4O3. The largest absolute Gasteiger partial charge is 0.383 e. The second kappa shape index (κ2) is 8.98. The molecule has 3 rings (SSSR count). The first-order valence-corrected chi connectivity index (χ1v) is 9.47. The minimum Gasteiger partial charge on any atom is -0.383 e. The number of hydrogen-bond acceptors (Lipinski definition) is 5. The number of hydrogen-bond donors (Lipinski definition) is 2.